The Balaban J connectivity index is 1.86. The Morgan fingerprint density at radius 1 is 1.12 bits per heavy atom. The number of nitrogens with one attached hydrogen (secondary N) is 1. The monoisotopic (exact) mass is 333 g/mol. The lowest BCUT2D eigenvalue weighted by Gasteiger charge is -2.43. The highest BCUT2D eigenvalue weighted by atomic mass is 19.1. The zero-order chi connectivity index (χ0) is 17.4. The number of benzene rings is 1. The van der Waals surface area contributed by atoms with E-state index in [4.69, 9.17) is 0 Å². The minimum atomic E-state index is -0.258. The predicted molar refractivity (Wildman–Crippen MR) is 95.5 cm³/mol. The van der Waals surface area contributed by atoms with E-state index in [2.05, 4.69) is 12.2 Å². The average molecular weight is 333 g/mol. The Morgan fingerprint density at radius 3 is 2.12 bits per heavy atom. The van der Waals surface area contributed by atoms with Gasteiger partial charge < -0.3 is 9.80 Å². The molecular weight excluding hydrogens is 303 g/mol. The van der Waals surface area contributed by atoms with E-state index in [-0.39, 0.29) is 17.3 Å². The molecule has 1 aliphatic carbocycles. The Bertz CT molecular complexity index is 606. The van der Waals surface area contributed by atoms with E-state index >= 15 is 0 Å². The van der Waals surface area contributed by atoms with Gasteiger partial charge in [0, 0.05) is 18.5 Å². The van der Waals surface area contributed by atoms with Crippen LogP contribution in [-0.4, -0.2) is 35.6 Å². The van der Waals surface area contributed by atoms with Crippen molar-refractivity contribution in [3.05, 3.63) is 29.1 Å². The normalized spacial score (nSPS) is 21.8. The van der Waals surface area contributed by atoms with Gasteiger partial charge in [-0.25, -0.2) is 4.39 Å². The van der Waals surface area contributed by atoms with E-state index in [1.165, 1.54) is 37.8 Å². The molecule has 132 valence electrons. The summed E-state index contributed by atoms with van der Waals surface area (Å²) in [5, 5.41) is 3.16. The molecule has 0 unspecified atom stereocenters. The van der Waals surface area contributed by atoms with Gasteiger partial charge >= 0.3 is 0 Å². The van der Waals surface area contributed by atoms with Crippen molar-refractivity contribution < 1.29 is 13.7 Å². The van der Waals surface area contributed by atoms with Gasteiger partial charge in [-0.15, -0.1) is 0 Å². The van der Waals surface area contributed by atoms with E-state index in [1.807, 2.05) is 13.8 Å². The minimum absolute atomic E-state index is 0.143. The summed E-state index contributed by atoms with van der Waals surface area (Å²) >= 11 is 0. The van der Waals surface area contributed by atoms with Crippen LogP contribution in [0.2, 0.25) is 0 Å². The van der Waals surface area contributed by atoms with Gasteiger partial charge in [-0.1, -0.05) is 0 Å². The third kappa shape index (κ3) is 2.85. The Hall–Kier alpha value is -1.42. The Labute approximate surface area is 144 Å². The smallest absolute Gasteiger partial charge is 0.285 e. The van der Waals surface area contributed by atoms with Crippen LogP contribution in [0.5, 0.6) is 0 Å². The molecule has 0 atom stereocenters. The van der Waals surface area contributed by atoms with Crippen LogP contribution in [-0.2, 0) is 4.79 Å². The number of carbonyl (C=O) groups is 1. The number of nitrogens with zero attached hydrogens (tertiary/aromatic N) is 1. The maximum Gasteiger partial charge on any atom is 0.285 e. The number of rotatable bonds is 4. The van der Waals surface area contributed by atoms with E-state index in [1.54, 1.807) is 0 Å². The lowest BCUT2D eigenvalue weighted by Crippen LogP contribution is -2.62. The molecule has 24 heavy (non-hydrogen) atoms. The summed E-state index contributed by atoms with van der Waals surface area (Å²) in [5.41, 5.74) is 2.13. The second kappa shape index (κ2) is 6.47. The largest absolute Gasteiger partial charge is 0.320 e. The average Bonchev–Trinajstić information content (AvgIpc) is 3.34. The standard InChI is InChI=1S/C20H29FN2O/c1-4-23(11-7-5-6-8-12-23)20(9-10-20)19(24)22-18-15(2)13-17(21)14-16(18)3/h13-14H,4-12H2,1-3H3/p+1. The zero-order valence-corrected chi connectivity index (χ0v) is 15.3. The predicted octanol–water partition coefficient (Wildman–Crippen LogP) is 4.32. The van der Waals surface area contributed by atoms with Crippen LogP contribution in [0.15, 0.2) is 12.1 Å². The van der Waals surface area contributed by atoms with Gasteiger partial charge in [0.25, 0.3) is 5.91 Å². The van der Waals surface area contributed by atoms with E-state index in [9.17, 15) is 9.18 Å². The van der Waals surface area contributed by atoms with Crippen molar-refractivity contribution in [1.29, 1.82) is 0 Å². The van der Waals surface area contributed by atoms with Gasteiger partial charge in [0.1, 0.15) is 5.82 Å². The molecule has 3 nitrogen and oxygen atoms in total. The van der Waals surface area contributed by atoms with Gasteiger partial charge in [0.15, 0.2) is 5.54 Å². The highest BCUT2D eigenvalue weighted by molar-refractivity contribution is 6.00. The van der Waals surface area contributed by atoms with Crippen molar-refractivity contribution in [2.45, 2.75) is 64.8 Å². The number of hydrogen-bond donors (Lipinski definition) is 1. The second-order valence-electron chi connectivity index (χ2n) is 7.72. The molecule has 0 bridgehead atoms. The number of likely N-dealkylation sites (N-methyl/N-ethyl adjacent to an activating group) is 1. The summed E-state index contributed by atoms with van der Waals surface area (Å²) < 4.78 is 14.5. The van der Waals surface area contributed by atoms with Crippen LogP contribution in [0.4, 0.5) is 10.1 Å². The number of quaternary nitrogens is 1. The van der Waals surface area contributed by atoms with Gasteiger partial charge in [-0.05, 0) is 69.7 Å². The summed E-state index contributed by atoms with van der Waals surface area (Å²) in [6.45, 7) is 9.21. The van der Waals surface area contributed by atoms with Gasteiger partial charge in [0.2, 0.25) is 0 Å². The van der Waals surface area contributed by atoms with Crippen LogP contribution in [0.3, 0.4) is 0 Å². The molecule has 2 aliphatic rings. The van der Waals surface area contributed by atoms with Crippen LogP contribution in [0.25, 0.3) is 0 Å². The van der Waals surface area contributed by atoms with Gasteiger partial charge in [-0.2, -0.15) is 0 Å². The molecular formula is C20H30FN2O+. The van der Waals surface area contributed by atoms with Crippen molar-refractivity contribution in [2.24, 2.45) is 0 Å². The van der Waals surface area contributed by atoms with E-state index in [0.29, 0.717) is 0 Å². The Kier molecular flexibility index (Phi) is 4.69. The van der Waals surface area contributed by atoms with Crippen LogP contribution in [0, 0.1) is 19.7 Å². The van der Waals surface area contributed by atoms with Crippen LogP contribution in [0.1, 0.15) is 56.6 Å². The fourth-order valence-corrected chi connectivity index (χ4v) is 4.71. The third-order valence-corrected chi connectivity index (χ3v) is 6.32. The SMILES string of the molecule is CC[N+]1(C2(C(=O)Nc3c(C)cc(F)cc3C)CC2)CCCCCC1. The first-order valence-electron chi connectivity index (χ1n) is 9.38. The topological polar surface area (TPSA) is 29.1 Å². The molecule has 0 radical (unpaired) electrons. The number of likely N-dealkylation sites (tertiary alicyclic amines) is 1. The molecule has 1 aromatic carbocycles. The second-order valence-corrected chi connectivity index (χ2v) is 7.72. The maximum atomic E-state index is 13.5. The number of carbonyl (C=O) groups excluding carboxylic acids is 1. The molecule has 2 fully saturated rings. The molecule has 0 aromatic heterocycles. The molecule has 1 heterocycles. The minimum Gasteiger partial charge on any atom is -0.320 e. The molecule has 4 heteroatoms. The molecule has 1 amide bonds. The van der Waals surface area contributed by atoms with Gasteiger partial charge in [0.05, 0.1) is 19.6 Å². The lowest BCUT2D eigenvalue weighted by molar-refractivity contribution is -0.950. The molecule has 1 saturated heterocycles. The lowest BCUT2D eigenvalue weighted by atomic mass is 10.0. The molecule has 1 saturated carbocycles. The quantitative estimate of drug-likeness (QED) is 0.817. The molecule has 3 rings (SSSR count). The summed E-state index contributed by atoms with van der Waals surface area (Å²) in [7, 11) is 0. The number of anilines is 1. The number of hydrogen-bond acceptors (Lipinski definition) is 1. The third-order valence-electron chi connectivity index (χ3n) is 6.32. The van der Waals surface area contributed by atoms with Crippen molar-refractivity contribution in [1.82, 2.24) is 0 Å². The van der Waals surface area contributed by atoms with Crippen molar-refractivity contribution >= 4 is 11.6 Å². The zero-order valence-electron chi connectivity index (χ0n) is 15.3. The number of amides is 1. The van der Waals surface area contributed by atoms with Crippen LogP contribution >= 0.6 is 0 Å². The highest BCUT2D eigenvalue weighted by Gasteiger charge is 2.64. The first kappa shape index (κ1) is 17.4. The highest BCUT2D eigenvalue weighted by Crippen LogP contribution is 2.49. The summed E-state index contributed by atoms with van der Waals surface area (Å²) in [6.07, 6.45) is 6.97. The first-order chi connectivity index (χ1) is 11.4. The molecule has 0 spiro atoms. The molecule has 1 aromatic rings. The van der Waals surface area contributed by atoms with Crippen molar-refractivity contribution in [2.75, 3.05) is 25.0 Å². The van der Waals surface area contributed by atoms with E-state index < -0.39 is 0 Å². The number of aryl methyl sites for hydroxylation is 2. The summed E-state index contributed by atoms with van der Waals surface area (Å²) in [4.78, 5) is 13.2. The fourth-order valence-electron chi connectivity index (χ4n) is 4.71. The molecule has 1 N–H and O–H groups in total. The van der Waals surface area contributed by atoms with Gasteiger partial charge in [-0.3, -0.25) is 4.79 Å². The maximum absolute atomic E-state index is 13.5. The first-order valence-corrected chi connectivity index (χ1v) is 9.38. The summed E-state index contributed by atoms with van der Waals surface area (Å²) in [6, 6.07) is 3.00. The van der Waals surface area contributed by atoms with Crippen molar-refractivity contribution in [3.8, 4) is 0 Å². The number of halogens is 1. The Morgan fingerprint density at radius 2 is 1.67 bits per heavy atom. The summed E-state index contributed by atoms with van der Waals surface area (Å²) in [5.74, 6) is -0.0993. The van der Waals surface area contributed by atoms with E-state index in [0.717, 1.165) is 53.8 Å². The van der Waals surface area contributed by atoms with Crippen molar-refractivity contribution in [3.63, 3.8) is 0 Å². The molecule has 1 aliphatic heterocycles. The van der Waals surface area contributed by atoms with Crippen LogP contribution < -0.4 is 5.32 Å². The fraction of sp³-hybridized carbons (Fsp3) is 0.650.